The van der Waals surface area contributed by atoms with Gasteiger partial charge in [0.25, 0.3) is 0 Å². The Morgan fingerprint density at radius 1 is 1.07 bits per heavy atom. The van der Waals surface area contributed by atoms with Crippen molar-refractivity contribution in [1.29, 1.82) is 0 Å². The highest BCUT2D eigenvalue weighted by Crippen LogP contribution is 2.39. The zero-order valence-corrected chi connectivity index (χ0v) is 16.7. The molecule has 5 heteroatoms. The Hall–Kier alpha value is -2.69. The number of hydrogen-bond acceptors (Lipinski definition) is 2. The van der Waals surface area contributed by atoms with Crippen molar-refractivity contribution in [2.45, 2.75) is 26.2 Å². The Bertz CT molecular complexity index is 880. The molecule has 148 valence electrons. The van der Waals surface area contributed by atoms with Crippen LogP contribution in [0, 0.1) is 11.2 Å². The molecular weight excluding hydrogens is 355 g/mol. The molecule has 1 heterocycles. The highest BCUT2D eigenvalue weighted by Gasteiger charge is 2.46. The number of carbonyl (C=O) groups excluding carboxylic acids is 2. The first-order chi connectivity index (χ1) is 13.4. The topological polar surface area (TPSA) is 40.6 Å². The summed E-state index contributed by atoms with van der Waals surface area (Å²) in [5, 5.41) is 0. The first-order valence-electron chi connectivity index (χ1n) is 9.70. The van der Waals surface area contributed by atoms with Crippen LogP contribution in [0.5, 0.6) is 0 Å². The van der Waals surface area contributed by atoms with E-state index in [-0.39, 0.29) is 17.6 Å². The van der Waals surface area contributed by atoms with Gasteiger partial charge < -0.3 is 9.80 Å². The minimum Gasteiger partial charge on any atom is -0.348 e. The average Bonchev–Trinajstić information content (AvgIpc) is 3.13. The van der Waals surface area contributed by atoms with Gasteiger partial charge in [0.15, 0.2) is 0 Å². The summed E-state index contributed by atoms with van der Waals surface area (Å²) in [7, 11) is 3.49. The summed E-state index contributed by atoms with van der Waals surface area (Å²) >= 11 is 0. The molecule has 0 aliphatic carbocycles. The Labute approximate surface area is 166 Å². The van der Waals surface area contributed by atoms with Crippen LogP contribution in [0.3, 0.4) is 0 Å². The molecule has 0 spiro atoms. The van der Waals surface area contributed by atoms with E-state index in [0.29, 0.717) is 37.9 Å². The van der Waals surface area contributed by atoms with E-state index in [2.05, 4.69) is 0 Å². The van der Waals surface area contributed by atoms with Crippen LogP contribution in [0.25, 0.3) is 11.1 Å². The normalized spacial score (nSPS) is 18.9. The summed E-state index contributed by atoms with van der Waals surface area (Å²) in [6.45, 7) is 2.82. The van der Waals surface area contributed by atoms with E-state index in [0.717, 1.165) is 11.1 Å². The Morgan fingerprint density at radius 2 is 1.71 bits per heavy atom. The van der Waals surface area contributed by atoms with Crippen molar-refractivity contribution >= 4 is 11.8 Å². The van der Waals surface area contributed by atoms with Crippen LogP contribution >= 0.6 is 0 Å². The molecule has 1 unspecified atom stereocenters. The Kier molecular flexibility index (Phi) is 5.82. The van der Waals surface area contributed by atoms with Crippen LogP contribution in [0.1, 0.15) is 25.3 Å². The molecule has 2 aromatic carbocycles. The number of carbonyl (C=O) groups is 2. The fourth-order valence-electron chi connectivity index (χ4n) is 4.16. The third-order valence-corrected chi connectivity index (χ3v) is 5.58. The zero-order chi connectivity index (χ0) is 20.3. The first kappa shape index (κ1) is 20.1. The molecule has 0 saturated carbocycles. The summed E-state index contributed by atoms with van der Waals surface area (Å²) in [6, 6.07) is 14.3. The summed E-state index contributed by atoms with van der Waals surface area (Å²) < 4.78 is 14.4. The van der Waals surface area contributed by atoms with Gasteiger partial charge in [0.05, 0.1) is 5.41 Å². The van der Waals surface area contributed by atoms with Gasteiger partial charge in [0.2, 0.25) is 11.8 Å². The van der Waals surface area contributed by atoms with Gasteiger partial charge in [-0.05, 0) is 30.0 Å². The van der Waals surface area contributed by atoms with Crippen molar-refractivity contribution in [2.24, 2.45) is 5.41 Å². The van der Waals surface area contributed by atoms with E-state index in [1.54, 1.807) is 36.0 Å². The molecule has 1 fully saturated rings. The Balaban J connectivity index is 2.01. The summed E-state index contributed by atoms with van der Waals surface area (Å²) in [4.78, 5) is 28.8. The minimum atomic E-state index is -0.685. The predicted octanol–water partition coefficient (Wildman–Crippen LogP) is 3.75. The molecule has 1 saturated heterocycles. The van der Waals surface area contributed by atoms with Crippen molar-refractivity contribution in [1.82, 2.24) is 9.80 Å². The highest BCUT2D eigenvalue weighted by molar-refractivity contribution is 5.86. The molecule has 1 aliphatic heterocycles. The molecule has 0 radical (unpaired) electrons. The molecule has 1 aliphatic rings. The van der Waals surface area contributed by atoms with E-state index in [1.807, 2.05) is 37.3 Å². The largest absolute Gasteiger partial charge is 0.348 e. The van der Waals surface area contributed by atoms with Gasteiger partial charge in [-0.3, -0.25) is 9.59 Å². The quantitative estimate of drug-likeness (QED) is 0.790. The molecule has 0 aromatic heterocycles. The predicted molar refractivity (Wildman–Crippen MR) is 108 cm³/mol. The molecule has 1 atom stereocenters. The van der Waals surface area contributed by atoms with E-state index in [1.165, 1.54) is 6.07 Å². The maximum atomic E-state index is 14.4. The molecule has 28 heavy (non-hydrogen) atoms. The van der Waals surface area contributed by atoms with Crippen LogP contribution in [-0.2, 0) is 16.0 Å². The molecule has 2 aromatic rings. The van der Waals surface area contributed by atoms with Crippen LogP contribution in [0.15, 0.2) is 48.5 Å². The van der Waals surface area contributed by atoms with Gasteiger partial charge in [0, 0.05) is 39.2 Å². The van der Waals surface area contributed by atoms with Crippen molar-refractivity contribution in [2.75, 3.05) is 27.2 Å². The van der Waals surface area contributed by atoms with Crippen LogP contribution in [0.2, 0.25) is 0 Å². The van der Waals surface area contributed by atoms with Crippen LogP contribution in [0.4, 0.5) is 4.39 Å². The van der Waals surface area contributed by atoms with Crippen molar-refractivity contribution in [3.8, 4) is 11.1 Å². The molecule has 3 rings (SSSR count). The summed E-state index contributed by atoms with van der Waals surface area (Å²) in [6.07, 6.45) is 1.52. The van der Waals surface area contributed by atoms with Gasteiger partial charge in [-0.2, -0.15) is 0 Å². The molecule has 4 nitrogen and oxygen atoms in total. The maximum absolute atomic E-state index is 14.4. The van der Waals surface area contributed by atoms with Crippen molar-refractivity contribution in [3.63, 3.8) is 0 Å². The van der Waals surface area contributed by atoms with Gasteiger partial charge in [-0.25, -0.2) is 4.39 Å². The molecule has 0 bridgehead atoms. The lowest BCUT2D eigenvalue weighted by atomic mass is 9.77. The minimum absolute atomic E-state index is 0.0160. The number of nitrogens with zero attached hydrogens (tertiary/aromatic N) is 2. The average molecular weight is 382 g/mol. The third-order valence-electron chi connectivity index (χ3n) is 5.58. The summed E-state index contributed by atoms with van der Waals surface area (Å²) in [5.74, 6) is -0.199. The molecule has 2 amide bonds. The first-order valence-corrected chi connectivity index (χ1v) is 9.70. The SMILES string of the molecule is CCC(=O)N1CCC(Cc2ccccc2-c2ccccc2F)(C(=O)N(C)C)C1. The summed E-state index contributed by atoms with van der Waals surface area (Å²) in [5.41, 5.74) is 1.57. The van der Waals surface area contributed by atoms with Crippen LogP contribution in [-0.4, -0.2) is 48.8 Å². The number of amides is 2. The van der Waals surface area contributed by atoms with E-state index < -0.39 is 5.41 Å². The van der Waals surface area contributed by atoms with E-state index in [4.69, 9.17) is 0 Å². The number of halogens is 1. The van der Waals surface area contributed by atoms with Crippen molar-refractivity contribution < 1.29 is 14.0 Å². The lowest BCUT2D eigenvalue weighted by molar-refractivity contribution is -0.139. The molecule has 0 N–H and O–H groups in total. The Morgan fingerprint density at radius 3 is 2.36 bits per heavy atom. The second-order valence-corrected chi connectivity index (χ2v) is 7.71. The standard InChI is InChI=1S/C23H27FN2O2/c1-4-21(27)26-14-13-23(16-26,22(28)25(2)3)15-17-9-5-6-10-18(17)19-11-7-8-12-20(19)24/h5-12H,4,13-16H2,1-3H3. The fraction of sp³-hybridized carbons (Fsp3) is 0.391. The monoisotopic (exact) mass is 382 g/mol. The van der Waals surface area contributed by atoms with Gasteiger partial charge in [-0.1, -0.05) is 49.4 Å². The lowest BCUT2D eigenvalue weighted by Gasteiger charge is -2.32. The van der Waals surface area contributed by atoms with Crippen molar-refractivity contribution in [3.05, 3.63) is 59.9 Å². The highest BCUT2D eigenvalue weighted by atomic mass is 19.1. The second-order valence-electron chi connectivity index (χ2n) is 7.71. The second kappa shape index (κ2) is 8.13. The molecular formula is C23H27FN2O2. The third kappa shape index (κ3) is 3.79. The number of likely N-dealkylation sites (tertiary alicyclic amines) is 1. The lowest BCUT2D eigenvalue weighted by Crippen LogP contribution is -2.44. The fourth-order valence-corrected chi connectivity index (χ4v) is 4.16. The number of hydrogen-bond donors (Lipinski definition) is 0. The van der Waals surface area contributed by atoms with Gasteiger partial charge in [-0.15, -0.1) is 0 Å². The maximum Gasteiger partial charge on any atom is 0.230 e. The van der Waals surface area contributed by atoms with Gasteiger partial charge >= 0.3 is 0 Å². The van der Waals surface area contributed by atoms with E-state index >= 15 is 0 Å². The number of rotatable bonds is 5. The van der Waals surface area contributed by atoms with E-state index in [9.17, 15) is 14.0 Å². The number of benzene rings is 2. The zero-order valence-electron chi connectivity index (χ0n) is 16.7. The smallest absolute Gasteiger partial charge is 0.230 e. The van der Waals surface area contributed by atoms with Gasteiger partial charge in [0.1, 0.15) is 5.82 Å². The van der Waals surface area contributed by atoms with Crippen LogP contribution < -0.4 is 0 Å².